The molecule has 98 valence electrons. The van der Waals surface area contributed by atoms with Crippen molar-refractivity contribution in [3.63, 3.8) is 0 Å². The first-order valence-corrected chi connectivity index (χ1v) is 6.74. The minimum atomic E-state index is -0.0322. The first-order chi connectivity index (χ1) is 9.04. The molecule has 0 aromatic carbocycles. The fourth-order valence-electron chi connectivity index (χ4n) is 3.27. The van der Waals surface area contributed by atoms with Crippen LogP contribution in [0.3, 0.4) is 0 Å². The molecule has 2 aliphatic rings. The average Bonchev–Trinajstić information content (AvgIpc) is 2.62. The molecule has 0 amide bonds. The van der Waals surface area contributed by atoms with Gasteiger partial charge in [0, 0.05) is 11.3 Å². The molecule has 2 atom stereocenters. The zero-order valence-electron chi connectivity index (χ0n) is 11.8. The molecule has 0 aromatic rings. The lowest BCUT2D eigenvalue weighted by molar-refractivity contribution is 0.489. The van der Waals surface area contributed by atoms with Gasteiger partial charge in [-0.15, -0.1) is 0 Å². The summed E-state index contributed by atoms with van der Waals surface area (Å²) in [6, 6.07) is 0. The minimum Gasteiger partial charge on any atom is -0.0991 e. The molecule has 0 aromatic heterocycles. The third-order valence-corrected chi connectivity index (χ3v) is 4.35. The Morgan fingerprint density at radius 3 is 2.84 bits per heavy atom. The first-order valence-electron chi connectivity index (χ1n) is 6.74. The highest BCUT2D eigenvalue weighted by molar-refractivity contribution is 5.57. The van der Waals surface area contributed by atoms with Crippen molar-refractivity contribution in [2.75, 3.05) is 0 Å². The maximum absolute atomic E-state index is 4.36. The van der Waals surface area contributed by atoms with Crippen LogP contribution in [0.4, 0.5) is 0 Å². The molecule has 1 saturated carbocycles. The zero-order valence-corrected chi connectivity index (χ0v) is 11.8. The van der Waals surface area contributed by atoms with Crippen molar-refractivity contribution in [3.05, 3.63) is 85.1 Å². The topological polar surface area (TPSA) is 0 Å². The molecule has 2 unspecified atom stereocenters. The monoisotopic (exact) mass is 250 g/mol. The van der Waals surface area contributed by atoms with E-state index in [1.807, 2.05) is 12.2 Å². The van der Waals surface area contributed by atoms with Crippen molar-refractivity contribution in [3.8, 4) is 0 Å². The molecular formula is C19H22. The first kappa shape index (κ1) is 13.6. The third-order valence-electron chi connectivity index (χ3n) is 4.35. The van der Waals surface area contributed by atoms with Gasteiger partial charge in [0.05, 0.1) is 0 Å². The third kappa shape index (κ3) is 2.12. The van der Waals surface area contributed by atoms with E-state index in [0.717, 1.165) is 18.4 Å². The fourth-order valence-corrected chi connectivity index (χ4v) is 3.27. The van der Waals surface area contributed by atoms with Gasteiger partial charge in [-0.1, -0.05) is 80.8 Å². The Hall–Kier alpha value is -1.82. The molecule has 0 nitrogen and oxygen atoms in total. The lowest BCUT2D eigenvalue weighted by atomic mass is 9.74. The Bertz CT molecular complexity index is 536. The van der Waals surface area contributed by atoms with E-state index < -0.39 is 0 Å². The second-order valence-corrected chi connectivity index (χ2v) is 5.55. The highest BCUT2D eigenvalue weighted by atomic mass is 14.5. The lowest BCUT2D eigenvalue weighted by Crippen LogP contribution is -2.18. The van der Waals surface area contributed by atoms with Gasteiger partial charge in [0.15, 0.2) is 0 Å². The van der Waals surface area contributed by atoms with Gasteiger partial charge in [0.1, 0.15) is 0 Å². The Morgan fingerprint density at radius 2 is 2.21 bits per heavy atom. The Morgan fingerprint density at radius 1 is 1.47 bits per heavy atom. The van der Waals surface area contributed by atoms with Crippen LogP contribution in [0.1, 0.15) is 19.8 Å². The van der Waals surface area contributed by atoms with Crippen molar-refractivity contribution in [2.45, 2.75) is 19.8 Å². The van der Waals surface area contributed by atoms with Crippen LogP contribution in [0.5, 0.6) is 0 Å². The fraction of sp³-hybridized carbons (Fsp3) is 0.263. The summed E-state index contributed by atoms with van der Waals surface area (Å²) in [6.45, 7) is 18.4. The standard InChI is InChI=1S/C19H22/c1-6-10-16-15(4)19(5,13-14(3)7-2)18-12-9-8-11-17(16)18/h6-10,12,17H,1-4,11,13H2,5H3/b16-10+. The predicted molar refractivity (Wildman–Crippen MR) is 84.8 cm³/mol. The maximum atomic E-state index is 4.36. The second-order valence-electron chi connectivity index (χ2n) is 5.55. The quantitative estimate of drug-likeness (QED) is 0.593. The largest absolute Gasteiger partial charge is 0.0991 e. The van der Waals surface area contributed by atoms with E-state index in [9.17, 15) is 0 Å². The molecule has 0 spiro atoms. The van der Waals surface area contributed by atoms with Crippen molar-refractivity contribution in [1.29, 1.82) is 0 Å². The molecule has 0 aliphatic heterocycles. The lowest BCUT2D eigenvalue weighted by Gasteiger charge is -2.29. The molecule has 0 heterocycles. The van der Waals surface area contributed by atoms with E-state index in [1.165, 1.54) is 16.7 Å². The van der Waals surface area contributed by atoms with Gasteiger partial charge >= 0.3 is 0 Å². The van der Waals surface area contributed by atoms with Crippen LogP contribution < -0.4 is 0 Å². The van der Waals surface area contributed by atoms with Gasteiger partial charge in [-0.2, -0.15) is 0 Å². The minimum absolute atomic E-state index is 0.0322. The van der Waals surface area contributed by atoms with E-state index in [1.54, 1.807) is 0 Å². The van der Waals surface area contributed by atoms with Crippen LogP contribution in [0.25, 0.3) is 0 Å². The molecule has 0 radical (unpaired) electrons. The smallest absolute Gasteiger partial charge is 0.0180 e. The van der Waals surface area contributed by atoms with Gasteiger partial charge in [-0.3, -0.25) is 0 Å². The summed E-state index contributed by atoms with van der Waals surface area (Å²) in [6.07, 6.45) is 14.4. The van der Waals surface area contributed by atoms with Crippen molar-refractivity contribution in [2.24, 2.45) is 11.3 Å². The number of rotatable bonds is 4. The number of hydrogen-bond acceptors (Lipinski definition) is 0. The summed E-state index contributed by atoms with van der Waals surface area (Å²) >= 11 is 0. The van der Waals surface area contributed by atoms with Crippen molar-refractivity contribution in [1.82, 2.24) is 0 Å². The highest BCUT2D eigenvalue weighted by Gasteiger charge is 2.45. The molecule has 0 N–H and O–H groups in total. The van der Waals surface area contributed by atoms with E-state index in [2.05, 4.69) is 57.5 Å². The van der Waals surface area contributed by atoms with E-state index in [4.69, 9.17) is 0 Å². The van der Waals surface area contributed by atoms with Gasteiger partial charge in [0.2, 0.25) is 0 Å². The Labute approximate surface area is 116 Å². The van der Waals surface area contributed by atoms with Crippen LogP contribution in [0.2, 0.25) is 0 Å². The van der Waals surface area contributed by atoms with E-state index >= 15 is 0 Å². The van der Waals surface area contributed by atoms with Gasteiger partial charge < -0.3 is 0 Å². The maximum Gasteiger partial charge on any atom is 0.0180 e. The molecule has 0 saturated heterocycles. The number of allylic oxidation sites excluding steroid dienone is 10. The molecule has 0 bridgehead atoms. The van der Waals surface area contributed by atoms with Crippen LogP contribution in [0.15, 0.2) is 85.1 Å². The average molecular weight is 250 g/mol. The van der Waals surface area contributed by atoms with E-state index in [-0.39, 0.29) is 5.41 Å². The second kappa shape index (κ2) is 5.05. The van der Waals surface area contributed by atoms with Crippen molar-refractivity contribution < 1.29 is 0 Å². The zero-order chi connectivity index (χ0) is 14.0. The van der Waals surface area contributed by atoms with Crippen LogP contribution >= 0.6 is 0 Å². The number of hydrogen-bond donors (Lipinski definition) is 0. The number of fused-ring (bicyclic) bond motifs is 1. The molecule has 2 aliphatic carbocycles. The van der Waals surface area contributed by atoms with E-state index in [0.29, 0.717) is 5.92 Å². The summed E-state index contributed by atoms with van der Waals surface area (Å²) in [5, 5.41) is 0. The highest BCUT2D eigenvalue weighted by Crippen LogP contribution is 2.57. The van der Waals surface area contributed by atoms with Crippen LogP contribution in [-0.4, -0.2) is 0 Å². The summed E-state index contributed by atoms with van der Waals surface area (Å²) in [5.41, 5.74) is 5.02. The molecule has 0 heteroatoms. The predicted octanol–water partition coefficient (Wildman–Crippen LogP) is 5.31. The Kier molecular flexibility index (Phi) is 3.61. The summed E-state index contributed by atoms with van der Waals surface area (Å²) in [4.78, 5) is 0. The van der Waals surface area contributed by atoms with Gasteiger partial charge in [-0.05, 0) is 24.0 Å². The van der Waals surface area contributed by atoms with Crippen LogP contribution in [-0.2, 0) is 0 Å². The van der Waals surface area contributed by atoms with Gasteiger partial charge in [-0.25, -0.2) is 0 Å². The molecule has 2 rings (SSSR count). The Balaban J connectivity index is 2.50. The summed E-state index contributed by atoms with van der Waals surface area (Å²) in [7, 11) is 0. The van der Waals surface area contributed by atoms with Crippen molar-refractivity contribution >= 4 is 0 Å². The molecule has 19 heavy (non-hydrogen) atoms. The molecule has 1 fully saturated rings. The summed E-state index contributed by atoms with van der Waals surface area (Å²) in [5.74, 6) is 0.457. The SMILES string of the molecule is C=C/C=C1\C(=C)C(C)(CC(=C)C=C)C2=CC=CCC21. The molecular weight excluding hydrogens is 228 g/mol. The summed E-state index contributed by atoms with van der Waals surface area (Å²) < 4.78 is 0. The van der Waals surface area contributed by atoms with Gasteiger partial charge in [0.25, 0.3) is 0 Å². The normalized spacial score (nSPS) is 31.0. The van der Waals surface area contributed by atoms with Crippen LogP contribution in [0, 0.1) is 11.3 Å².